The van der Waals surface area contributed by atoms with Gasteiger partial charge in [0.15, 0.2) is 0 Å². The summed E-state index contributed by atoms with van der Waals surface area (Å²) in [4.78, 5) is 30.7. The number of unbranched alkanes of at least 4 members (excludes halogenated alkanes) is 2. The summed E-state index contributed by atoms with van der Waals surface area (Å²) in [5, 5.41) is 11.2. The first kappa shape index (κ1) is 28.6. The number of carbonyl (C=O) groups is 2. The largest absolute Gasteiger partial charge is 0.507 e. The van der Waals surface area contributed by atoms with Crippen LogP contribution in [-0.2, 0) is 15.0 Å². The zero-order chi connectivity index (χ0) is 27.0. The second-order valence-electron chi connectivity index (χ2n) is 11.1. The minimum absolute atomic E-state index is 0.00911. The average Bonchev–Trinajstić information content (AvgIpc) is 3.14. The molecule has 1 saturated heterocycles. The predicted octanol–water partition coefficient (Wildman–Crippen LogP) is 6.70. The molecule has 1 fully saturated rings. The highest BCUT2D eigenvalue weighted by Crippen LogP contribution is 2.40. The average molecular weight is 505 g/mol. The second-order valence-corrected chi connectivity index (χ2v) is 11.1. The van der Waals surface area contributed by atoms with Crippen LogP contribution >= 0.6 is 0 Å². The van der Waals surface area contributed by atoms with Crippen molar-refractivity contribution >= 4 is 17.4 Å². The molecule has 2 aromatic rings. The van der Waals surface area contributed by atoms with Crippen LogP contribution in [0.4, 0.5) is 0 Å². The van der Waals surface area contributed by atoms with E-state index >= 15 is 0 Å². The number of hydrogen-bond donors (Lipinski definition) is 1. The van der Waals surface area contributed by atoms with Gasteiger partial charge in [0.25, 0.3) is 11.7 Å². The molecule has 1 atom stereocenters. The molecule has 0 saturated carbocycles. The molecule has 5 heteroatoms. The Kier molecular flexibility index (Phi) is 10.1. The van der Waals surface area contributed by atoms with Crippen molar-refractivity contribution < 1.29 is 14.7 Å². The molecule has 3 rings (SSSR count). The first-order chi connectivity index (χ1) is 17.7. The van der Waals surface area contributed by atoms with Crippen LogP contribution in [-0.4, -0.2) is 52.8 Å². The summed E-state index contributed by atoms with van der Waals surface area (Å²) in [6, 6.07) is 16.6. The number of hydrogen-bond acceptors (Lipinski definition) is 4. The molecule has 0 aromatic heterocycles. The molecular weight excluding hydrogens is 460 g/mol. The van der Waals surface area contributed by atoms with Crippen molar-refractivity contribution in [2.75, 3.05) is 26.2 Å². The smallest absolute Gasteiger partial charge is 0.295 e. The van der Waals surface area contributed by atoms with Crippen molar-refractivity contribution in [1.29, 1.82) is 0 Å². The van der Waals surface area contributed by atoms with E-state index in [4.69, 9.17) is 0 Å². The Morgan fingerprint density at radius 2 is 1.43 bits per heavy atom. The summed E-state index contributed by atoms with van der Waals surface area (Å²) in [6.45, 7) is 14.4. The van der Waals surface area contributed by atoms with Crippen LogP contribution in [0.1, 0.15) is 89.5 Å². The predicted molar refractivity (Wildman–Crippen MR) is 151 cm³/mol. The van der Waals surface area contributed by atoms with E-state index in [1.165, 1.54) is 5.56 Å². The number of ketones is 1. The number of aliphatic hydroxyl groups is 1. The molecule has 1 heterocycles. The lowest BCUT2D eigenvalue weighted by Gasteiger charge is -2.28. The van der Waals surface area contributed by atoms with Gasteiger partial charge in [0.05, 0.1) is 11.6 Å². The Balaban J connectivity index is 1.93. The number of amides is 1. The number of carbonyl (C=O) groups excluding carboxylic acids is 2. The van der Waals surface area contributed by atoms with E-state index in [0.717, 1.165) is 57.3 Å². The van der Waals surface area contributed by atoms with Gasteiger partial charge in [-0.25, -0.2) is 0 Å². The van der Waals surface area contributed by atoms with E-state index in [2.05, 4.69) is 51.7 Å². The molecule has 1 aliphatic heterocycles. The van der Waals surface area contributed by atoms with Crippen LogP contribution in [0, 0.1) is 0 Å². The van der Waals surface area contributed by atoms with Gasteiger partial charge in [-0.1, -0.05) is 102 Å². The van der Waals surface area contributed by atoms with Crippen molar-refractivity contribution in [3.05, 3.63) is 76.9 Å². The van der Waals surface area contributed by atoms with E-state index in [-0.39, 0.29) is 16.7 Å². The lowest BCUT2D eigenvalue weighted by atomic mass is 9.85. The van der Waals surface area contributed by atoms with Crippen LogP contribution in [0.2, 0.25) is 0 Å². The molecule has 2 aromatic carbocycles. The minimum Gasteiger partial charge on any atom is -0.507 e. The van der Waals surface area contributed by atoms with Crippen LogP contribution in [0.5, 0.6) is 0 Å². The van der Waals surface area contributed by atoms with Crippen molar-refractivity contribution in [1.82, 2.24) is 9.80 Å². The molecular formula is C32H44N2O3. The highest BCUT2D eigenvalue weighted by molar-refractivity contribution is 6.46. The zero-order valence-corrected chi connectivity index (χ0v) is 23.3. The number of Topliss-reactive ketones (excluding diaryl/α,β-unsaturated/α-hetero) is 1. The summed E-state index contributed by atoms with van der Waals surface area (Å²) in [5.74, 6) is -1.25. The Morgan fingerprint density at radius 3 is 1.97 bits per heavy atom. The standard InChI is InChI=1S/C32H44N2O3/c1-6-8-20-33(21-9-7-2)22-13-23-34-28(24-16-18-26(19-17-24)32(3,4)5)27(30(36)31(34)37)29(35)25-14-11-10-12-15-25/h10-12,14-19,28,35H,6-9,13,20-23H2,1-5H3/t28-/m1/s1. The van der Waals surface area contributed by atoms with Crippen molar-refractivity contribution in [3.63, 3.8) is 0 Å². The number of aliphatic hydroxyl groups excluding tert-OH is 1. The molecule has 1 N–H and O–H groups in total. The van der Waals surface area contributed by atoms with Crippen LogP contribution in [0.15, 0.2) is 60.2 Å². The molecule has 0 bridgehead atoms. The van der Waals surface area contributed by atoms with Crippen LogP contribution in [0.25, 0.3) is 5.76 Å². The Labute approximate surface area is 223 Å². The molecule has 200 valence electrons. The number of benzene rings is 2. The third-order valence-corrected chi connectivity index (χ3v) is 7.21. The molecule has 5 nitrogen and oxygen atoms in total. The van der Waals surface area contributed by atoms with E-state index in [1.54, 1.807) is 17.0 Å². The highest BCUT2D eigenvalue weighted by Gasteiger charge is 2.45. The Hall–Kier alpha value is -2.92. The molecule has 0 radical (unpaired) electrons. The third-order valence-electron chi connectivity index (χ3n) is 7.21. The quantitative estimate of drug-likeness (QED) is 0.199. The Morgan fingerprint density at radius 1 is 0.865 bits per heavy atom. The fraction of sp³-hybridized carbons (Fsp3) is 0.500. The van der Waals surface area contributed by atoms with Gasteiger partial charge >= 0.3 is 0 Å². The van der Waals surface area contributed by atoms with Crippen molar-refractivity contribution in [2.45, 2.75) is 78.2 Å². The molecule has 1 amide bonds. The van der Waals surface area contributed by atoms with E-state index in [0.29, 0.717) is 12.1 Å². The summed E-state index contributed by atoms with van der Waals surface area (Å²) >= 11 is 0. The van der Waals surface area contributed by atoms with E-state index in [1.807, 2.05) is 30.3 Å². The minimum atomic E-state index is -0.611. The van der Waals surface area contributed by atoms with Gasteiger partial charge in [0.1, 0.15) is 5.76 Å². The third kappa shape index (κ3) is 7.10. The molecule has 1 aliphatic rings. The van der Waals surface area contributed by atoms with Gasteiger partial charge in [0, 0.05) is 12.1 Å². The summed E-state index contributed by atoms with van der Waals surface area (Å²) in [6.07, 6.45) is 5.40. The Bertz CT molecular complexity index is 1060. The summed E-state index contributed by atoms with van der Waals surface area (Å²) in [7, 11) is 0. The lowest BCUT2D eigenvalue weighted by molar-refractivity contribution is -0.140. The summed E-state index contributed by atoms with van der Waals surface area (Å²) in [5.41, 5.74) is 2.73. The first-order valence-corrected chi connectivity index (χ1v) is 13.9. The first-order valence-electron chi connectivity index (χ1n) is 13.9. The van der Waals surface area contributed by atoms with Gasteiger partial charge in [-0.2, -0.15) is 0 Å². The second kappa shape index (κ2) is 13.0. The normalized spacial score (nSPS) is 17.7. The zero-order valence-electron chi connectivity index (χ0n) is 23.3. The SMILES string of the molecule is CCCCN(CCCC)CCCN1C(=O)C(=O)C(=C(O)c2ccccc2)[C@H]1c1ccc(C(C)(C)C)cc1. The molecule has 37 heavy (non-hydrogen) atoms. The monoisotopic (exact) mass is 504 g/mol. The van der Waals surface area contributed by atoms with Gasteiger partial charge in [-0.15, -0.1) is 0 Å². The van der Waals surface area contributed by atoms with Crippen molar-refractivity contribution in [3.8, 4) is 0 Å². The van der Waals surface area contributed by atoms with Gasteiger partial charge in [-0.3, -0.25) is 9.59 Å². The summed E-state index contributed by atoms with van der Waals surface area (Å²) < 4.78 is 0. The maximum Gasteiger partial charge on any atom is 0.295 e. The van der Waals surface area contributed by atoms with Crippen molar-refractivity contribution in [2.24, 2.45) is 0 Å². The lowest BCUT2D eigenvalue weighted by Crippen LogP contribution is -2.34. The fourth-order valence-corrected chi connectivity index (χ4v) is 4.94. The van der Waals surface area contributed by atoms with Gasteiger partial charge < -0.3 is 14.9 Å². The maximum atomic E-state index is 13.3. The highest BCUT2D eigenvalue weighted by atomic mass is 16.3. The topological polar surface area (TPSA) is 60.9 Å². The van der Waals surface area contributed by atoms with Crippen LogP contribution < -0.4 is 0 Å². The maximum absolute atomic E-state index is 13.3. The van der Waals surface area contributed by atoms with E-state index in [9.17, 15) is 14.7 Å². The van der Waals surface area contributed by atoms with Gasteiger partial charge in [-0.05, 0) is 55.4 Å². The van der Waals surface area contributed by atoms with E-state index < -0.39 is 17.7 Å². The number of likely N-dealkylation sites (tertiary alicyclic amines) is 1. The fourth-order valence-electron chi connectivity index (χ4n) is 4.94. The number of rotatable bonds is 12. The van der Waals surface area contributed by atoms with Gasteiger partial charge in [0.2, 0.25) is 0 Å². The molecule has 0 unspecified atom stereocenters. The number of nitrogens with zero attached hydrogens (tertiary/aromatic N) is 2. The van der Waals surface area contributed by atoms with Crippen LogP contribution in [0.3, 0.4) is 0 Å². The molecule has 0 aliphatic carbocycles. The molecule has 0 spiro atoms.